The van der Waals surface area contributed by atoms with Gasteiger partial charge in [-0.2, -0.15) is 0 Å². The van der Waals surface area contributed by atoms with Crippen molar-refractivity contribution in [3.05, 3.63) is 24.9 Å². The molecule has 0 unspecified atom stereocenters. The summed E-state index contributed by atoms with van der Waals surface area (Å²) in [6, 6.07) is 0. The minimum atomic E-state index is 0.757. The van der Waals surface area contributed by atoms with Crippen LogP contribution in [0.5, 0.6) is 0 Å². The summed E-state index contributed by atoms with van der Waals surface area (Å²) in [7, 11) is 3.78. The van der Waals surface area contributed by atoms with Gasteiger partial charge < -0.3 is 10.6 Å². The van der Waals surface area contributed by atoms with Crippen molar-refractivity contribution in [3.8, 4) is 0 Å². The lowest BCUT2D eigenvalue weighted by molar-refractivity contribution is 0.917. The summed E-state index contributed by atoms with van der Waals surface area (Å²) in [4.78, 5) is 4.18. The Labute approximate surface area is 74.3 Å². The van der Waals surface area contributed by atoms with Crippen LogP contribution in [0.25, 0.3) is 0 Å². The van der Waals surface area contributed by atoms with E-state index in [2.05, 4.69) is 22.2 Å². The van der Waals surface area contributed by atoms with E-state index >= 15 is 0 Å². The first-order chi connectivity index (χ1) is 5.85. The van der Waals surface area contributed by atoms with Crippen LogP contribution in [-0.2, 0) is 0 Å². The predicted octanol–water partition coefficient (Wildman–Crippen LogP) is 0.566. The molecule has 0 aliphatic heterocycles. The predicted molar refractivity (Wildman–Crippen MR) is 54.6 cm³/mol. The van der Waals surface area contributed by atoms with Gasteiger partial charge in [-0.3, -0.25) is 4.99 Å². The van der Waals surface area contributed by atoms with Gasteiger partial charge in [-0.15, -0.1) is 0 Å². The number of nitrogens with one attached hydrogen (secondary N) is 2. The van der Waals surface area contributed by atoms with Gasteiger partial charge in [0.1, 0.15) is 0 Å². The Hall–Kier alpha value is -0.930. The molecule has 0 bridgehead atoms. The highest BCUT2D eigenvalue weighted by Crippen LogP contribution is 1.81. The Morgan fingerprint density at radius 3 is 2.67 bits per heavy atom. The first-order valence-electron chi connectivity index (χ1n) is 3.98. The molecule has 0 atom stereocenters. The summed E-state index contributed by atoms with van der Waals surface area (Å²) in [5.74, 6) is 0. The normalized spacial score (nSPS) is 12.3. The maximum absolute atomic E-state index is 4.18. The maximum Gasteiger partial charge on any atom is 0.0535 e. The van der Waals surface area contributed by atoms with Gasteiger partial charge in [-0.05, 0) is 20.2 Å². The summed E-state index contributed by atoms with van der Waals surface area (Å²) >= 11 is 0. The number of nitrogens with zero attached hydrogens (tertiary/aromatic N) is 1. The second kappa shape index (κ2) is 8.17. The molecule has 0 aromatic carbocycles. The van der Waals surface area contributed by atoms with E-state index in [0.29, 0.717) is 0 Å². The van der Waals surface area contributed by atoms with Gasteiger partial charge in [0.2, 0.25) is 0 Å². The van der Waals surface area contributed by atoms with E-state index in [1.54, 1.807) is 12.3 Å². The first-order valence-corrected chi connectivity index (χ1v) is 3.98. The summed E-state index contributed by atoms with van der Waals surface area (Å²) in [5, 5.41) is 6.00. The quantitative estimate of drug-likeness (QED) is 0.567. The molecule has 3 nitrogen and oxygen atoms in total. The van der Waals surface area contributed by atoms with Crippen molar-refractivity contribution < 1.29 is 0 Å². The molecule has 0 heterocycles. The first kappa shape index (κ1) is 11.1. The Balaban J connectivity index is 3.83. The SMILES string of the molecule is C=CC(CNC)=N/C=C/CNC. The minimum absolute atomic E-state index is 0.757. The zero-order valence-electron chi connectivity index (χ0n) is 7.80. The fourth-order valence-electron chi connectivity index (χ4n) is 0.671. The highest BCUT2D eigenvalue weighted by atomic mass is 14.8. The summed E-state index contributed by atoms with van der Waals surface area (Å²) in [6.07, 6.45) is 5.49. The summed E-state index contributed by atoms with van der Waals surface area (Å²) in [6.45, 7) is 5.26. The van der Waals surface area contributed by atoms with Crippen molar-refractivity contribution in [2.75, 3.05) is 27.2 Å². The van der Waals surface area contributed by atoms with E-state index in [4.69, 9.17) is 0 Å². The molecule has 0 aromatic rings. The lowest BCUT2D eigenvalue weighted by atomic mass is 10.3. The van der Waals surface area contributed by atoms with Crippen LogP contribution < -0.4 is 10.6 Å². The van der Waals surface area contributed by atoms with Crippen LogP contribution in [0.3, 0.4) is 0 Å². The van der Waals surface area contributed by atoms with Crippen molar-refractivity contribution in [1.29, 1.82) is 0 Å². The Bertz CT molecular complexity index is 171. The number of hydrogen-bond donors (Lipinski definition) is 2. The Morgan fingerprint density at radius 1 is 1.42 bits per heavy atom. The molecule has 0 rings (SSSR count). The largest absolute Gasteiger partial charge is 0.316 e. The zero-order valence-corrected chi connectivity index (χ0v) is 7.80. The Kier molecular flexibility index (Phi) is 7.54. The molecule has 0 aliphatic rings. The standard InChI is InChI=1S/C9H17N3/c1-4-9(8-11-3)12-7-5-6-10-2/h4-5,7,10-11H,1,6,8H2,2-3H3/b7-5+,12-9?. The lowest BCUT2D eigenvalue weighted by Gasteiger charge is -1.95. The molecule has 0 saturated heterocycles. The second-order valence-corrected chi connectivity index (χ2v) is 2.30. The van der Waals surface area contributed by atoms with Crippen molar-refractivity contribution in [1.82, 2.24) is 10.6 Å². The molecule has 0 radical (unpaired) electrons. The van der Waals surface area contributed by atoms with Crippen LogP contribution >= 0.6 is 0 Å². The number of likely N-dealkylation sites (N-methyl/N-ethyl adjacent to an activating group) is 1. The van der Waals surface area contributed by atoms with Crippen LogP contribution in [0.1, 0.15) is 0 Å². The summed E-state index contributed by atoms with van der Waals surface area (Å²) < 4.78 is 0. The van der Waals surface area contributed by atoms with E-state index in [9.17, 15) is 0 Å². The molecule has 0 aliphatic carbocycles. The molecule has 0 fully saturated rings. The van der Waals surface area contributed by atoms with Crippen LogP contribution in [-0.4, -0.2) is 32.9 Å². The van der Waals surface area contributed by atoms with Gasteiger partial charge in [-0.25, -0.2) is 0 Å². The lowest BCUT2D eigenvalue weighted by Crippen LogP contribution is -2.16. The van der Waals surface area contributed by atoms with Gasteiger partial charge in [0.25, 0.3) is 0 Å². The molecular formula is C9H17N3. The topological polar surface area (TPSA) is 36.4 Å². The fourth-order valence-corrected chi connectivity index (χ4v) is 0.671. The van der Waals surface area contributed by atoms with Crippen LogP contribution in [0.15, 0.2) is 29.9 Å². The summed E-state index contributed by atoms with van der Waals surface area (Å²) in [5.41, 5.74) is 0.949. The monoisotopic (exact) mass is 167 g/mol. The van der Waals surface area contributed by atoms with E-state index in [1.807, 2.05) is 20.2 Å². The average Bonchev–Trinajstić information content (AvgIpc) is 2.10. The number of rotatable bonds is 6. The fraction of sp³-hybridized carbons (Fsp3) is 0.444. The molecule has 3 heteroatoms. The molecule has 0 aromatic heterocycles. The van der Waals surface area contributed by atoms with Crippen LogP contribution in [0.2, 0.25) is 0 Å². The smallest absolute Gasteiger partial charge is 0.0535 e. The van der Waals surface area contributed by atoms with Gasteiger partial charge >= 0.3 is 0 Å². The molecule has 0 amide bonds. The van der Waals surface area contributed by atoms with Crippen LogP contribution in [0, 0.1) is 0 Å². The third-order valence-corrected chi connectivity index (χ3v) is 1.26. The van der Waals surface area contributed by atoms with Crippen molar-refractivity contribution in [2.24, 2.45) is 4.99 Å². The second-order valence-electron chi connectivity index (χ2n) is 2.30. The van der Waals surface area contributed by atoms with E-state index in [0.717, 1.165) is 18.8 Å². The van der Waals surface area contributed by atoms with Gasteiger partial charge in [0, 0.05) is 19.3 Å². The highest BCUT2D eigenvalue weighted by Gasteiger charge is 1.86. The van der Waals surface area contributed by atoms with Crippen molar-refractivity contribution in [2.45, 2.75) is 0 Å². The van der Waals surface area contributed by atoms with E-state index in [-0.39, 0.29) is 0 Å². The molecule has 0 saturated carbocycles. The number of aliphatic imine (C=N–C) groups is 1. The molecule has 0 spiro atoms. The van der Waals surface area contributed by atoms with Gasteiger partial charge in [-0.1, -0.05) is 12.7 Å². The van der Waals surface area contributed by atoms with Gasteiger partial charge in [0.15, 0.2) is 0 Å². The molecular weight excluding hydrogens is 150 g/mol. The Morgan fingerprint density at radius 2 is 2.17 bits per heavy atom. The zero-order chi connectivity index (χ0) is 9.23. The third-order valence-electron chi connectivity index (χ3n) is 1.26. The average molecular weight is 167 g/mol. The van der Waals surface area contributed by atoms with E-state index < -0.39 is 0 Å². The maximum atomic E-state index is 4.18. The van der Waals surface area contributed by atoms with Crippen molar-refractivity contribution in [3.63, 3.8) is 0 Å². The van der Waals surface area contributed by atoms with E-state index in [1.165, 1.54) is 0 Å². The molecule has 2 N–H and O–H groups in total. The van der Waals surface area contributed by atoms with Gasteiger partial charge in [0.05, 0.1) is 5.71 Å². The molecule has 12 heavy (non-hydrogen) atoms. The third kappa shape index (κ3) is 5.82. The van der Waals surface area contributed by atoms with Crippen molar-refractivity contribution >= 4 is 5.71 Å². The minimum Gasteiger partial charge on any atom is -0.316 e. The highest BCUT2D eigenvalue weighted by molar-refractivity contribution is 5.96. The number of hydrogen-bond acceptors (Lipinski definition) is 3. The van der Waals surface area contributed by atoms with Crippen LogP contribution in [0.4, 0.5) is 0 Å². The molecule has 68 valence electrons.